The fourth-order valence-electron chi connectivity index (χ4n) is 1.70. The molecule has 0 fully saturated rings. The van der Waals surface area contributed by atoms with Gasteiger partial charge in [0.25, 0.3) is 0 Å². The Hall–Kier alpha value is -0.450. The van der Waals surface area contributed by atoms with E-state index in [1.54, 1.807) is 12.1 Å². The molecule has 0 bridgehead atoms. The Morgan fingerprint density at radius 1 is 1.50 bits per heavy atom. The standard InChI is InChI=1S/C12H17BrFNO/c1-12(2,7-15-3)11(16)9-6-8(13)4-5-10(9)14/h4-6,11,15-16H,7H2,1-3H3. The molecular formula is C12H17BrFNO. The first-order chi connectivity index (χ1) is 7.38. The number of halogens is 2. The molecule has 90 valence electrons. The Bertz CT molecular complexity index is 368. The monoisotopic (exact) mass is 289 g/mol. The van der Waals surface area contributed by atoms with E-state index in [4.69, 9.17) is 0 Å². The van der Waals surface area contributed by atoms with Crippen LogP contribution in [0.5, 0.6) is 0 Å². The van der Waals surface area contributed by atoms with Gasteiger partial charge in [-0.05, 0) is 25.2 Å². The first kappa shape index (κ1) is 13.6. The molecule has 0 aliphatic carbocycles. The van der Waals surface area contributed by atoms with Gasteiger partial charge in [-0.1, -0.05) is 29.8 Å². The summed E-state index contributed by atoms with van der Waals surface area (Å²) in [5.74, 6) is -0.375. The van der Waals surface area contributed by atoms with Crippen molar-refractivity contribution in [1.82, 2.24) is 5.32 Å². The minimum atomic E-state index is -0.836. The highest BCUT2D eigenvalue weighted by atomic mass is 79.9. The molecule has 0 aliphatic rings. The summed E-state index contributed by atoms with van der Waals surface area (Å²) < 4.78 is 14.4. The second kappa shape index (κ2) is 5.25. The zero-order chi connectivity index (χ0) is 12.3. The fraction of sp³-hybridized carbons (Fsp3) is 0.500. The van der Waals surface area contributed by atoms with Crippen molar-refractivity contribution in [2.75, 3.05) is 13.6 Å². The van der Waals surface area contributed by atoms with E-state index in [1.807, 2.05) is 20.9 Å². The van der Waals surface area contributed by atoms with Gasteiger partial charge < -0.3 is 10.4 Å². The molecule has 1 atom stereocenters. The van der Waals surface area contributed by atoms with E-state index >= 15 is 0 Å². The summed E-state index contributed by atoms with van der Waals surface area (Å²) in [5, 5.41) is 13.2. The van der Waals surface area contributed by atoms with Crippen LogP contribution in [-0.2, 0) is 0 Å². The van der Waals surface area contributed by atoms with Crippen LogP contribution in [0.4, 0.5) is 4.39 Å². The van der Waals surface area contributed by atoms with Gasteiger partial charge in [0.2, 0.25) is 0 Å². The Kier molecular flexibility index (Phi) is 4.47. The van der Waals surface area contributed by atoms with Crippen LogP contribution in [0.1, 0.15) is 25.5 Å². The number of nitrogens with one attached hydrogen (secondary N) is 1. The number of aliphatic hydroxyl groups is 1. The first-order valence-corrected chi connectivity index (χ1v) is 5.95. The molecule has 1 rings (SSSR count). The van der Waals surface area contributed by atoms with Crippen molar-refractivity contribution in [3.8, 4) is 0 Å². The van der Waals surface area contributed by atoms with Crippen LogP contribution < -0.4 is 5.32 Å². The van der Waals surface area contributed by atoms with Crippen LogP contribution >= 0.6 is 15.9 Å². The van der Waals surface area contributed by atoms with Gasteiger partial charge in [-0.2, -0.15) is 0 Å². The van der Waals surface area contributed by atoms with Crippen molar-refractivity contribution < 1.29 is 9.50 Å². The van der Waals surface area contributed by atoms with Gasteiger partial charge in [0.1, 0.15) is 5.82 Å². The van der Waals surface area contributed by atoms with E-state index in [2.05, 4.69) is 21.2 Å². The Balaban J connectivity index is 3.03. The van der Waals surface area contributed by atoms with Gasteiger partial charge >= 0.3 is 0 Å². The van der Waals surface area contributed by atoms with E-state index in [-0.39, 0.29) is 5.82 Å². The van der Waals surface area contributed by atoms with Gasteiger partial charge in [0.15, 0.2) is 0 Å². The van der Waals surface area contributed by atoms with E-state index in [1.165, 1.54) is 6.07 Å². The predicted octanol–water partition coefficient (Wildman–Crippen LogP) is 2.87. The third-order valence-electron chi connectivity index (χ3n) is 2.63. The molecule has 0 saturated heterocycles. The summed E-state index contributed by atoms with van der Waals surface area (Å²) in [6, 6.07) is 4.60. The summed E-state index contributed by atoms with van der Waals surface area (Å²) in [4.78, 5) is 0. The Labute approximate surface area is 104 Å². The molecule has 0 saturated carbocycles. The maximum absolute atomic E-state index is 13.6. The number of benzene rings is 1. The lowest BCUT2D eigenvalue weighted by atomic mass is 9.82. The normalized spacial score (nSPS) is 13.9. The molecule has 0 spiro atoms. The van der Waals surface area contributed by atoms with Crippen LogP contribution in [0.15, 0.2) is 22.7 Å². The summed E-state index contributed by atoms with van der Waals surface area (Å²) >= 11 is 3.28. The van der Waals surface area contributed by atoms with Crippen LogP contribution in [0.3, 0.4) is 0 Å². The van der Waals surface area contributed by atoms with E-state index in [0.717, 1.165) is 4.47 Å². The predicted molar refractivity (Wildman–Crippen MR) is 66.8 cm³/mol. The lowest BCUT2D eigenvalue weighted by molar-refractivity contribution is 0.0476. The zero-order valence-corrected chi connectivity index (χ0v) is 11.3. The molecule has 2 nitrogen and oxygen atoms in total. The van der Waals surface area contributed by atoms with Gasteiger partial charge in [0, 0.05) is 22.0 Å². The minimum absolute atomic E-state index is 0.328. The molecule has 2 N–H and O–H groups in total. The molecule has 16 heavy (non-hydrogen) atoms. The highest BCUT2D eigenvalue weighted by molar-refractivity contribution is 9.10. The average molecular weight is 290 g/mol. The van der Waals surface area contributed by atoms with E-state index in [9.17, 15) is 9.50 Å². The minimum Gasteiger partial charge on any atom is -0.388 e. The van der Waals surface area contributed by atoms with Crippen molar-refractivity contribution >= 4 is 15.9 Å². The maximum atomic E-state index is 13.6. The van der Waals surface area contributed by atoms with E-state index in [0.29, 0.717) is 12.1 Å². The van der Waals surface area contributed by atoms with Crippen LogP contribution in [0, 0.1) is 11.2 Å². The lowest BCUT2D eigenvalue weighted by Gasteiger charge is -2.30. The van der Waals surface area contributed by atoms with Gasteiger partial charge in [-0.15, -0.1) is 0 Å². The average Bonchev–Trinajstić information content (AvgIpc) is 2.20. The van der Waals surface area contributed by atoms with Crippen molar-refractivity contribution in [2.24, 2.45) is 5.41 Å². The molecule has 1 aromatic carbocycles. The molecule has 0 heterocycles. The molecule has 4 heteroatoms. The topological polar surface area (TPSA) is 32.3 Å². The fourth-order valence-corrected chi connectivity index (χ4v) is 2.08. The van der Waals surface area contributed by atoms with Crippen molar-refractivity contribution in [2.45, 2.75) is 20.0 Å². The number of aliphatic hydroxyl groups excluding tert-OH is 1. The number of hydrogen-bond donors (Lipinski definition) is 2. The smallest absolute Gasteiger partial charge is 0.129 e. The molecule has 0 aromatic heterocycles. The van der Waals surface area contributed by atoms with Crippen molar-refractivity contribution in [3.05, 3.63) is 34.1 Å². The highest BCUT2D eigenvalue weighted by Gasteiger charge is 2.30. The summed E-state index contributed by atoms with van der Waals surface area (Å²) in [6.45, 7) is 4.41. The largest absolute Gasteiger partial charge is 0.388 e. The van der Waals surface area contributed by atoms with Crippen LogP contribution in [0.2, 0.25) is 0 Å². The summed E-state index contributed by atoms with van der Waals surface area (Å²) in [6.07, 6.45) is -0.836. The third kappa shape index (κ3) is 3.03. The number of hydrogen-bond acceptors (Lipinski definition) is 2. The maximum Gasteiger partial charge on any atom is 0.129 e. The second-order valence-corrected chi connectivity index (χ2v) is 5.50. The van der Waals surface area contributed by atoms with Crippen LogP contribution in [-0.4, -0.2) is 18.7 Å². The highest BCUT2D eigenvalue weighted by Crippen LogP contribution is 2.35. The van der Waals surface area contributed by atoms with Crippen molar-refractivity contribution in [3.63, 3.8) is 0 Å². The molecule has 0 amide bonds. The molecule has 0 radical (unpaired) electrons. The number of rotatable bonds is 4. The van der Waals surface area contributed by atoms with Gasteiger partial charge in [-0.25, -0.2) is 4.39 Å². The van der Waals surface area contributed by atoms with Crippen molar-refractivity contribution in [1.29, 1.82) is 0 Å². The molecule has 1 unspecified atom stereocenters. The second-order valence-electron chi connectivity index (χ2n) is 4.59. The Morgan fingerprint density at radius 2 is 2.12 bits per heavy atom. The SMILES string of the molecule is CNCC(C)(C)C(O)c1cc(Br)ccc1F. The van der Waals surface area contributed by atoms with Gasteiger partial charge in [0.05, 0.1) is 6.10 Å². The summed E-state index contributed by atoms with van der Waals surface area (Å²) in [7, 11) is 1.81. The molecular weight excluding hydrogens is 273 g/mol. The quantitative estimate of drug-likeness (QED) is 0.893. The lowest BCUT2D eigenvalue weighted by Crippen LogP contribution is -2.33. The first-order valence-electron chi connectivity index (χ1n) is 5.16. The van der Waals surface area contributed by atoms with E-state index < -0.39 is 11.5 Å². The van der Waals surface area contributed by atoms with Gasteiger partial charge in [-0.3, -0.25) is 0 Å². The molecule has 0 aliphatic heterocycles. The molecule has 1 aromatic rings. The third-order valence-corrected chi connectivity index (χ3v) is 3.12. The Morgan fingerprint density at radius 3 is 2.69 bits per heavy atom. The van der Waals surface area contributed by atoms with Crippen LogP contribution in [0.25, 0.3) is 0 Å². The summed E-state index contributed by atoms with van der Waals surface area (Å²) in [5.41, 5.74) is -0.0919. The zero-order valence-electron chi connectivity index (χ0n) is 9.72.